The lowest BCUT2D eigenvalue weighted by atomic mass is 10.1. The Hall–Kier alpha value is -1.08. The van der Waals surface area contributed by atoms with Crippen molar-refractivity contribution in [1.29, 1.82) is 0 Å². The van der Waals surface area contributed by atoms with Crippen LogP contribution in [0, 0.1) is 0 Å². The molecular formula is C16H31N3O3S. The first kappa shape index (κ1) is 20.0. The van der Waals surface area contributed by atoms with Crippen molar-refractivity contribution in [2.75, 3.05) is 38.7 Å². The fourth-order valence-electron chi connectivity index (χ4n) is 2.60. The maximum atomic E-state index is 12.2. The van der Waals surface area contributed by atoms with E-state index in [1.165, 1.54) is 16.7 Å². The average Bonchev–Trinajstić information content (AvgIpc) is 2.43. The lowest BCUT2D eigenvalue weighted by Gasteiger charge is -2.33. The molecule has 0 aromatic carbocycles. The van der Waals surface area contributed by atoms with Gasteiger partial charge in [-0.1, -0.05) is 11.6 Å². The molecule has 1 saturated heterocycles. The quantitative estimate of drug-likeness (QED) is 0.741. The average molecular weight is 346 g/mol. The third-order valence-corrected chi connectivity index (χ3v) is 5.29. The smallest absolute Gasteiger partial charge is 0.317 e. The van der Waals surface area contributed by atoms with Crippen LogP contribution in [0.25, 0.3) is 0 Å². The number of carbonyl (C=O) groups is 1. The Morgan fingerprint density at radius 2 is 1.91 bits per heavy atom. The van der Waals surface area contributed by atoms with Gasteiger partial charge in [0.1, 0.15) is 9.84 Å². The number of sulfone groups is 1. The number of nitrogens with one attached hydrogen (secondary N) is 1. The molecular weight excluding hydrogens is 314 g/mol. The predicted octanol–water partition coefficient (Wildman–Crippen LogP) is 1.49. The Morgan fingerprint density at radius 3 is 2.39 bits per heavy atom. The number of nitrogens with zero attached hydrogens (tertiary/aromatic N) is 2. The van der Waals surface area contributed by atoms with Crippen molar-refractivity contribution in [3.8, 4) is 0 Å². The molecule has 0 unspecified atom stereocenters. The van der Waals surface area contributed by atoms with Crippen molar-refractivity contribution in [2.24, 2.45) is 0 Å². The number of hydrogen-bond acceptors (Lipinski definition) is 4. The summed E-state index contributed by atoms with van der Waals surface area (Å²) >= 11 is 0. The van der Waals surface area contributed by atoms with E-state index < -0.39 is 9.84 Å². The summed E-state index contributed by atoms with van der Waals surface area (Å²) in [6.07, 6.45) is 5.27. The molecule has 0 aliphatic carbocycles. The van der Waals surface area contributed by atoms with Crippen LogP contribution in [0.3, 0.4) is 0 Å². The second kappa shape index (κ2) is 8.68. The molecule has 0 saturated carbocycles. The number of hydrogen-bond donors (Lipinski definition) is 1. The highest BCUT2D eigenvalue weighted by molar-refractivity contribution is 7.90. The number of allylic oxidation sites excluding steroid dienone is 1. The summed E-state index contributed by atoms with van der Waals surface area (Å²) in [4.78, 5) is 16.1. The topological polar surface area (TPSA) is 69.7 Å². The van der Waals surface area contributed by atoms with Gasteiger partial charge in [-0.3, -0.25) is 4.90 Å². The zero-order valence-corrected chi connectivity index (χ0v) is 15.8. The summed E-state index contributed by atoms with van der Waals surface area (Å²) in [6, 6.07) is -0.356. The van der Waals surface area contributed by atoms with Crippen molar-refractivity contribution < 1.29 is 13.2 Å². The van der Waals surface area contributed by atoms with Gasteiger partial charge in [0.15, 0.2) is 0 Å². The number of likely N-dealkylation sites (tertiary alicyclic amines) is 1. The molecule has 0 aromatic rings. The van der Waals surface area contributed by atoms with Gasteiger partial charge in [0.2, 0.25) is 0 Å². The molecule has 134 valence electrons. The molecule has 0 bridgehead atoms. The van der Waals surface area contributed by atoms with Gasteiger partial charge in [-0.05, 0) is 33.6 Å². The van der Waals surface area contributed by atoms with Gasteiger partial charge >= 0.3 is 6.03 Å². The van der Waals surface area contributed by atoms with Crippen molar-refractivity contribution in [3.05, 3.63) is 11.6 Å². The minimum atomic E-state index is -3.09. The molecule has 23 heavy (non-hydrogen) atoms. The van der Waals surface area contributed by atoms with Crippen LogP contribution in [0.5, 0.6) is 0 Å². The van der Waals surface area contributed by atoms with Crippen LogP contribution in [-0.4, -0.2) is 75.0 Å². The van der Waals surface area contributed by atoms with Crippen LogP contribution < -0.4 is 5.32 Å². The highest BCUT2D eigenvalue weighted by atomic mass is 32.2. The zero-order chi connectivity index (χ0) is 17.6. The fraction of sp³-hybridized carbons (Fsp3) is 0.812. The second-order valence-corrected chi connectivity index (χ2v) is 9.04. The van der Waals surface area contributed by atoms with Crippen molar-refractivity contribution >= 4 is 15.9 Å². The van der Waals surface area contributed by atoms with E-state index in [1.54, 1.807) is 14.0 Å². The molecule has 6 nitrogen and oxygen atoms in total. The van der Waals surface area contributed by atoms with E-state index in [9.17, 15) is 13.2 Å². The number of carbonyl (C=O) groups excluding carboxylic acids is 1. The van der Waals surface area contributed by atoms with Gasteiger partial charge in [0, 0.05) is 45.0 Å². The first-order valence-corrected chi connectivity index (χ1v) is 10.2. The third-order valence-electron chi connectivity index (χ3n) is 4.20. The normalized spacial score (nSPS) is 18.3. The molecule has 1 aliphatic rings. The lowest BCUT2D eigenvalue weighted by molar-refractivity contribution is 0.177. The standard InChI is InChI=1S/C16H31N3O3S/c1-13(2)6-9-19-10-7-15(8-11-19)17-16(20)18(4)14(3)12-23(5,21)22/h6,14-15H,7-12H2,1-5H3,(H,17,20)/t14-/m1/s1. The first-order chi connectivity index (χ1) is 10.6. The van der Waals surface area contributed by atoms with E-state index in [1.807, 2.05) is 0 Å². The summed E-state index contributed by atoms with van der Waals surface area (Å²) in [5, 5.41) is 3.02. The summed E-state index contributed by atoms with van der Waals surface area (Å²) in [5.41, 5.74) is 1.32. The highest BCUT2D eigenvalue weighted by Gasteiger charge is 2.24. The van der Waals surface area contributed by atoms with Crippen molar-refractivity contribution in [3.63, 3.8) is 0 Å². The Labute approximate surface area is 140 Å². The summed E-state index contributed by atoms with van der Waals surface area (Å²) in [5.74, 6) is -0.0158. The zero-order valence-electron chi connectivity index (χ0n) is 15.0. The van der Waals surface area contributed by atoms with Crippen LogP contribution >= 0.6 is 0 Å². The SMILES string of the molecule is CC(C)=CCN1CCC(NC(=O)N(C)[C@H](C)CS(C)(=O)=O)CC1. The molecule has 1 rings (SSSR count). The highest BCUT2D eigenvalue weighted by Crippen LogP contribution is 2.11. The monoisotopic (exact) mass is 345 g/mol. The molecule has 1 fully saturated rings. The molecule has 1 aliphatic heterocycles. The Bertz CT molecular complexity index is 519. The Morgan fingerprint density at radius 1 is 1.35 bits per heavy atom. The first-order valence-electron chi connectivity index (χ1n) is 8.15. The molecule has 0 radical (unpaired) electrons. The fourth-order valence-corrected chi connectivity index (χ4v) is 3.70. The molecule has 2 amide bonds. The molecule has 0 aromatic heterocycles. The molecule has 0 spiro atoms. The van der Waals surface area contributed by atoms with E-state index in [2.05, 4.69) is 30.1 Å². The minimum absolute atomic E-state index is 0.0158. The molecule has 1 heterocycles. The van der Waals surface area contributed by atoms with Gasteiger partial charge in [0.25, 0.3) is 0 Å². The maximum Gasteiger partial charge on any atom is 0.317 e. The molecule has 1 atom stereocenters. The Balaban J connectivity index is 2.40. The van der Waals surface area contributed by atoms with E-state index in [0.29, 0.717) is 0 Å². The summed E-state index contributed by atoms with van der Waals surface area (Å²) in [6.45, 7) is 8.85. The third kappa shape index (κ3) is 7.83. The minimum Gasteiger partial charge on any atom is -0.335 e. The number of piperidine rings is 1. The van der Waals surface area contributed by atoms with Gasteiger partial charge in [-0.15, -0.1) is 0 Å². The van der Waals surface area contributed by atoms with Crippen molar-refractivity contribution in [2.45, 2.75) is 45.7 Å². The number of rotatable bonds is 6. The summed E-state index contributed by atoms with van der Waals surface area (Å²) < 4.78 is 22.7. The molecule has 7 heteroatoms. The lowest BCUT2D eigenvalue weighted by Crippen LogP contribution is -2.51. The van der Waals surface area contributed by atoms with E-state index in [4.69, 9.17) is 0 Å². The predicted molar refractivity (Wildman–Crippen MR) is 94.4 cm³/mol. The van der Waals surface area contributed by atoms with Gasteiger partial charge < -0.3 is 10.2 Å². The maximum absolute atomic E-state index is 12.2. The van der Waals surface area contributed by atoms with Crippen LogP contribution in [0.15, 0.2) is 11.6 Å². The van der Waals surface area contributed by atoms with E-state index in [0.717, 1.165) is 32.5 Å². The van der Waals surface area contributed by atoms with Crippen LogP contribution in [0.1, 0.15) is 33.6 Å². The van der Waals surface area contributed by atoms with Crippen LogP contribution in [0.2, 0.25) is 0 Å². The van der Waals surface area contributed by atoms with E-state index in [-0.39, 0.29) is 23.9 Å². The van der Waals surface area contributed by atoms with Gasteiger partial charge in [0.05, 0.1) is 5.75 Å². The Kier molecular flexibility index (Phi) is 7.54. The van der Waals surface area contributed by atoms with Crippen LogP contribution in [-0.2, 0) is 9.84 Å². The van der Waals surface area contributed by atoms with Gasteiger partial charge in [-0.2, -0.15) is 0 Å². The van der Waals surface area contributed by atoms with Crippen LogP contribution in [0.4, 0.5) is 4.79 Å². The van der Waals surface area contributed by atoms with E-state index >= 15 is 0 Å². The number of urea groups is 1. The number of amides is 2. The van der Waals surface area contributed by atoms with Crippen molar-refractivity contribution in [1.82, 2.24) is 15.1 Å². The molecule has 1 N–H and O–H groups in total. The second-order valence-electron chi connectivity index (χ2n) is 6.86. The van der Waals surface area contributed by atoms with Gasteiger partial charge in [-0.25, -0.2) is 13.2 Å². The summed E-state index contributed by atoms with van der Waals surface area (Å²) in [7, 11) is -1.44. The largest absolute Gasteiger partial charge is 0.335 e.